The molecule has 168 valence electrons. The maximum Gasteiger partial charge on any atom is 0.339 e. The van der Waals surface area contributed by atoms with Crippen LogP contribution in [0.4, 0.5) is 11.4 Å². The molecule has 0 saturated carbocycles. The van der Waals surface area contributed by atoms with Gasteiger partial charge in [-0.3, -0.25) is 10.6 Å². The average Bonchev–Trinajstić information content (AvgIpc) is 3.11. The molecule has 0 aromatic heterocycles. The van der Waals surface area contributed by atoms with Gasteiger partial charge in [-0.05, 0) is 44.4 Å². The Labute approximate surface area is 190 Å². The Bertz CT molecular complexity index is 1010. The molecule has 2 aromatic carbocycles. The van der Waals surface area contributed by atoms with Crippen LogP contribution in [0.15, 0.2) is 71.8 Å². The SMILES string of the molecule is CNC1(NC)C=C2C(=O)OC(c3ccc(N(C)C)cc3)(c3ccc(N(C)C)cc3)C2=CC1. The highest BCUT2D eigenvalue weighted by molar-refractivity contribution is 6.00. The topological polar surface area (TPSA) is 56.8 Å². The van der Waals surface area contributed by atoms with Gasteiger partial charge in [-0.25, -0.2) is 4.79 Å². The summed E-state index contributed by atoms with van der Waals surface area (Å²) in [5, 5.41) is 6.59. The number of carbonyl (C=O) groups is 1. The minimum Gasteiger partial charge on any atom is -0.441 e. The van der Waals surface area contributed by atoms with E-state index in [-0.39, 0.29) is 5.97 Å². The zero-order valence-corrected chi connectivity index (χ0v) is 19.7. The number of rotatable bonds is 6. The van der Waals surface area contributed by atoms with Crippen LogP contribution in [0.25, 0.3) is 0 Å². The number of ether oxygens (including phenoxy) is 1. The minimum atomic E-state index is -0.980. The molecule has 6 heteroatoms. The summed E-state index contributed by atoms with van der Waals surface area (Å²) in [6, 6.07) is 16.5. The number of hydrogen-bond donors (Lipinski definition) is 2. The van der Waals surface area contributed by atoms with Gasteiger partial charge in [-0.1, -0.05) is 30.3 Å². The standard InChI is InChI=1S/C26H32N4O2/c1-27-25(28-2)16-15-23-22(17-25)24(31)32-26(23,18-7-11-20(12-8-18)29(3)4)19-9-13-21(14-10-19)30(5)6/h7-15,17,27-28H,16H2,1-6H3. The van der Waals surface area contributed by atoms with Gasteiger partial charge in [0.05, 0.1) is 11.2 Å². The molecule has 2 aliphatic rings. The van der Waals surface area contributed by atoms with Crippen LogP contribution in [0.2, 0.25) is 0 Å². The molecule has 0 spiro atoms. The highest BCUT2D eigenvalue weighted by Crippen LogP contribution is 2.51. The van der Waals surface area contributed by atoms with E-state index in [1.807, 2.05) is 48.4 Å². The summed E-state index contributed by atoms with van der Waals surface area (Å²) in [6.45, 7) is 0. The van der Waals surface area contributed by atoms with Crippen molar-refractivity contribution in [1.29, 1.82) is 0 Å². The molecule has 0 bridgehead atoms. The third-order valence-corrected chi connectivity index (χ3v) is 6.63. The summed E-state index contributed by atoms with van der Waals surface area (Å²) in [6.07, 6.45) is 4.80. The molecule has 0 radical (unpaired) electrons. The normalized spacial score (nSPS) is 18.4. The van der Waals surface area contributed by atoms with Gasteiger partial charge in [0.15, 0.2) is 5.60 Å². The van der Waals surface area contributed by atoms with Crippen molar-refractivity contribution in [1.82, 2.24) is 10.6 Å². The van der Waals surface area contributed by atoms with Gasteiger partial charge in [0, 0.05) is 62.7 Å². The Morgan fingerprint density at radius 2 is 1.28 bits per heavy atom. The summed E-state index contributed by atoms with van der Waals surface area (Å²) in [7, 11) is 11.8. The molecule has 0 unspecified atom stereocenters. The smallest absolute Gasteiger partial charge is 0.339 e. The average molecular weight is 433 g/mol. The molecule has 0 amide bonds. The largest absolute Gasteiger partial charge is 0.441 e. The maximum atomic E-state index is 13.2. The second-order valence-corrected chi connectivity index (χ2v) is 8.80. The summed E-state index contributed by atoms with van der Waals surface area (Å²) < 4.78 is 6.29. The van der Waals surface area contributed by atoms with E-state index in [9.17, 15) is 4.79 Å². The van der Waals surface area contributed by atoms with Gasteiger partial charge in [-0.15, -0.1) is 0 Å². The van der Waals surface area contributed by atoms with Crippen molar-refractivity contribution in [2.75, 3.05) is 52.1 Å². The first-order chi connectivity index (χ1) is 15.3. The lowest BCUT2D eigenvalue weighted by Crippen LogP contribution is -2.53. The molecule has 32 heavy (non-hydrogen) atoms. The predicted octanol–water partition coefficient (Wildman–Crippen LogP) is 3.01. The summed E-state index contributed by atoms with van der Waals surface area (Å²) >= 11 is 0. The van der Waals surface area contributed by atoms with Crippen molar-refractivity contribution in [2.24, 2.45) is 0 Å². The van der Waals surface area contributed by atoms with Crippen LogP contribution in [-0.2, 0) is 15.1 Å². The Morgan fingerprint density at radius 3 is 1.69 bits per heavy atom. The van der Waals surface area contributed by atoms with E-state index < -0.39 is 11.3 Å². The molecular formula is C26H32N4O2. The van der Waals surface area contributed by atoms with Crippen LogP contribution in [0.1, 0.15) is 17.5 Å². The number of nitrogens with one attached hydrogen (secondary N) is 2. The number of carbonyl (C=O) groups excluding carboxylic acids is 1. The van der Waals surface area contributed by atoms with Gasteiger partial charge in [0.1, 0.15) is 0 Å². The lowest BCUT2D eigenvalue weighted by atomic mass is 9.75. The van der Waals surface area contributed by atoms with Crippen molar-refractivity contribution in [2.45, 2.75) is 17.7 Å². The van der Waals surface area contributed by atoms with Gasteiger partial charge in [0.2, 0.25) is 0 Å². The van der Waals surface area contributed by atoms with Crippen LogP contribution in [-0.4, -0.2) is 53.9 Å². The fourth-order valence-electron chi connectivity index (χ4n) is 4.56. The number of likely N-dealkylation sites (N-methyl/N-ethyl adjacent to an activating group) is 2. The zero-order chi connectivity index (χ0) is 23.1. The van der Waals surface area contributed by atoms with Crippen molar-refractivity contribution >= 4 is 17.3 Å². The molecule has 1 saturated heterocycles. The van der Waals surface area contributed by atoms with Crippen LogP contribution in [0.5, 0.6) is 0 Å². The molecular weight excluding hydrogens is 400 g/mol. The van der Waals surface area contributed by atoms with Gasteiger partial charge in [-0.2, -0.15) is 0 Å². The van der Waals surface area contributed by atoms with Gasteiger partial charge >= 0.3 is 5.97 Å². The highest BCUT2D eigenvalue weighted by Gasteiger charge is 2.53. The molecule has 6 nitrogen and oxygen atoms in total. The fraction of sp³-hybridized carbons (Fsp3) is 0.346. The number of nitrogens with zero attached hydrogens (tertiary/aromatic N) is 2. The lowest BCUT2D eigenvalue weighted by Gasteiger charge is -2.35. The van der Waals surface area contributed by atoms with Crippen LogP contribution in [0.3, 0.4) is 0 Å². The second-order valence-electron chi connectivity index (χ2n) is 8.80. The zero-order valence-electron chi connectivity index (χ0n) is 19.7. The third-order valence-electron chi connectivity index (χ3n) is 6.63. The van der Waals surface area contributed by atoms with E-state index in [1.165, 1.54) is 0 Å². The summed E-state index contributed by atoms with van der Waals surface area (Å²) in [5.74, 6) is -0.306. The predicted molar refractivity (Wildman–Crippen MR) is 130 cm³/mol. The molecule has 1 fully saturated rings. The number of cyclic esters (lactones) is 1. The van der Waals surface area contributed by atoms with Crippen LogP contribution < -0.4 is 20.4 Å². The molecule has 1 aliphatic heterocycles. The van der Waals surface area contributed by atoms with E-state index in [0.29, 0.717) is 12.0 Å². The van der Waals surface area contributed by atoms with E-state index >= 15 is 0 Å². The maximum absolute atomic E-state index is 13.2. The molecule has 2 N–H and O–H groups in total. The number of hydrogen-bond acceptors (Lipinski definition) is 6. The third kappa shape index (κ3) is 3.40. The van der Waals surface area contributed by atoms with E-state index in [1.54, 1.807) is 0 Å². The fourth-order valence-corrected chi connectivity index (χ4v) is 4.56. The Morgan fingerprint density at radius 1 is 0.812 bits per heavy atom. The van der Waals surface area contributed by atoms with Crippen molar-refractivity contribution in [3.63, 3.8) is 0 Å². The van der Waals surface area contributed by atoms with Crippen molar-refractivity contribution in [3.8, 4) is 0 Å². The molecule has 0 atom stereocenters. The first kappa shape index (κ1) is 22.1. The number of esters is 1. The van der Waals surface area contributed by atoms with Crippen molar-refractivity contribution in [3.05, 3.63) is 83.0 Å². The number of benzene rings is 2. The first-order valence-electron chi connectivity index (χ1n) is 10.9. The van der Waals surface area contributed by atoms with Gasteiger partial charge in [0.25, 0.3) is 0 Å². The Hall–Kier alpha value is -3.09. The summed E-state index contributed by atoms with van der Waals surface area (Å²) in [5.41, 5.74) is 4.11. The quantitative estimate of drug-likeness (QED) is 0.541. The number of fused-ring (bicyclic) bond motifs is 1. The Balaban J connectivity index is 1.91. The minimum absolute atomic E-state index is 0.306. The van der Waals surface area contributed by atoms with E-state index in [2.05, 4.69) is 75.0 Å². The summed E-state index contributed by atoms with van der Waals surface area (Å²) in [4.78, 5) is 17.4. The van der Waals surface area contributed by atoms with Crippen LogP contribution in [0, 0.1) is 0 Å². The van der Waals surface area contributed by atoms with Crippen LogP contribution >= 0.6 is 0 Å². The molecule has 1 heterocycles. The first-order valence-corrected chi connectivity index (χ1v) is 10.9. The monoisotopic (exact) mass is 432 g/mol. The molecule has 2 aromatic rings. The molecule has 1 aliphatic carbocycles. The van der Waals surface area contributed by atoms with E-state index in [4.69, 9.17) is 4.74 Å². The number of anilines is 2. The lowest BCUT2D eigenvalue weighted by molar-refractivity contribution is -0.143. The van der Waals surface area contributed by atoms with Gasteiger partial charge < -0.3 is 14.5 Å². The molecule has 4 rings (SSSR count). The Kier molecular flexibility index (Phi) is 5.61. The van der Waals surface area contributed by atoms with Crippen molar-refractivity contribution < 1.29 is 9.53 Å². The van der Waals surface area contributed by atoms with E-state index in [0.717, 1.165) is 28.1 Å². The second kappa shape index (κ2) is 8.11. The highest BCUT2D eigenvalue weighted by atomic mass is 16.6.